The molecule has 1 unspecified atom stereocenters. The highest BCUT2D eigenvalue weighted by Crippen LogP contribution is 2.15. The highest BCUT2D eigenvalue weighted by molar-refractivity contribution is 6.30. The molecule has 1 aliphatic heterocycles. The first kappa shape index (κ1) is 15.0. The molecule has 3 nitrogen and oxygen atoms in total. The summed E-state index contributed by atoms with van der Waals surface area (Å²) in [4.78, 5) is 11.6. The highest BCUT2D eigenvalue weighted by atomic mass is 35.5. The number of carbonyl (C=O) groups is 1. The van der Waals surface area contributed by atoms with Crippen LogP contribution in [-0.4, -0.2) is 18.5 Å². The third-order valence-corrected chi connectivity index (χ3v) is 2.81. The minimum atomic E-state index is -0.456. The van der Waals surface area contributed by atoms with E-state index in [9.17, 15) is 9.18 Å². The summed E-state index contributed by atoms with van der Waals surface area (Å²) in [6.07, 6.45) is 3.71. The van der Waals surface area contributed by atoms with Crippen LogP contribution in [0.2, 0.25) is 5.02 Å². The fraction of sp³-hybridized carbons (Fsp3) is 0.250. The van der Waals surface area contributed by atoms with Crippen molar-refractivity contribution in [2.24, 2.45) is 0 Å². The van der Waals surface area contributed by atoms with E-state index in [0.29, 0.717) is 13.1 Å². The summed E-state index contributed by atoms with van der Waals surface area (Å²) < 4.78 is 12.9. The average molecular weight is 291 g/mol. The largest absolute Gasteiger partial charge is 0.350 e. The summed E-state index contributed by atoms with van der Waals surface area (Å²) >= 11 is 5.65. The van der Waals surface area contributed by atoms with Gasteiger partial charge in [-0.25, -0.2) is 4.39 Å². The van der Waals surface area contributed by atoms with E-state index in [-0.39, 0.29) is 29.4 Å². The van der Waals surface area contributed by atoms with Crippen molar-refractivity contribution < 1.29 is 9.18 Å². The van der Waals surface area contributed by atoms with Gasteiger partial charge in [0.05, 0.1) is 5.02 Å². The van der Waals surface area contributed by atoms with Gasteiger partial charge >= 0.3 is 0 Å². The molecule has 6 heteroatoms. The maximum atomic E-state index is 12.9. The monoisotopic (exact) mass is 290 g/mol. The number of amides is 1. The lowest BCUT2D eigenvalue weighted by Crippen LogP contribution is -2.40. The molecule has 0 spiro atoms. The summed E-state index contributed by atoms with van der Waals surface area (Å²) in [7, 11) is 0. The number of rotatable bonds is 3. The second kappa shape index (κ2) is 6.73. The summed E-state index contributed by atoms with van der Waals surface area (Å²) in [6.45, 7) is 1.05. The number of hydrogen-bond acceptors (Lipinski definition) is 2. The van der Waals surface area contributed by atoms with Crippen LogP contribution in [-0.2, 0) is 11.3 Å². The molecule has 0 radical (unpaired) electrons. The van der Waals surface area contributed by atoms with Crippen LogP contribution in [0.4, 0.5) is 4.39 Å². The number of halogens is 3. The zero-order chi connectivity index (χ0) is 12.3. The molecule has 2 rings (SSSR count). The Hall–Kier alpha value is -1.10. The van der Waals surface area contributed by atoms with Gasteiger partial charge in [0, 0.05) is 13.1 Å². The van der Waals surface area contributed by atoms with Crippen molar-refractivity contribution in [2.75, 3.05) is 6.54 Å². The van der Waals surface area contributed by atoms with Gasteiger partial charge in [-0.3, -0.25) is 10.1 Å². The first-order valence-electron chi connectivity index (χ1n) is 5.28. The van der Waals surface area contributed by atoms with E-state index in [1.54, 1.807) is 6.07 Å². The van der Waals surface area contributed by atoms with Gasteiger partial charge in [0.2, 0.25) is 5.91 Å². The molecule has 0 aromatic heterocycles. The summed E-state index contributed by atoms with van der Waals surface area (Å²) in [5.74, 6) is -0.554. The van der Waals surface area contributed by atoms with Gasteiger partial charge in [-0.05, 0) is 17.7 Å². The molecule has 1 atom stereocenters. The van der Waals surface area contributed by atoms with E-state index in [1.807, 2.05) is 12.2 Å². The lowest BCUT2D eigenvalue weighted by Gasteiger charge is -2.10. The molecule has 0 fully saturated rings. The minimum Gasteiger partial charge on any atom is -0.350 e. The fourth-order valence-electron chi connectivity index (χ4n) is 1.60. The molecule has 1 aliphatic rings. The van der Waals surface area contributed by atoms with Crippen molar-refractivity contribution >= 4 is 29.9 Å². The quantitative estimate of drug-likeness (QED) is 0.837. The Kier molecular flexibility index (Phi) is 5.59. The standard InChI is InChI=1S/C12H12ClFN2O.ClH/c13-9-6-8(3-4-10(9)14)7-16-12(17)11-2-1-5-15-11;/h1-4,6,11,15H,5,7H2,(H,16,17);1H. The molecule has 0 aliphatic carbocycles. The maximum Gasteiger partial charge on any atom is 0.241 e. The Morgan fingerprint density at radius 2 is 2.33 bits per heavy atom. The topological polar surface area (TPSA) is 41.1 Å². The summed E-state index contributed by atoms with van der Waals surface area (Å²) in [5.41, 5.74) is 0.770. The molecule has 0 saturated carbocycles. The lowest BCUT2D eigenvalue weighted by atomic mass is 10.2. The van der Waals surface area contributed by atoms with E-state index < -0.39 is 5.82 Å². The lowest BCUT2D eigenvalue weighted by molar-refractivity contribution is -0.122. The van der Waals surface area contributed by atoms with Crippen LogP contribution in [0.5, 0.6) is 0 Å². The minimum absolute atomic E-state index is 0. The number of hydrogen-bond donors (Lipinski definition) is 2. The second-order valence-corrected chi connectivity index (χ2v) is 4.19. The third-order valence-electron chi connectivity index (χ3n) is 2.52. The first-order valence-corrected chi connectivity index (χ1v) is 5.66. The van der Waals surface area contributed by atoms with Gasteiger partial charge in [0.1, 0.15) is 11.9 Å². The average Bonchev–Trinajstić information content (AvgIpc) is 2.84. The third kappa shape index (κ3) is 3.70. The molecule has 0 saturated heterocycles. The Morgan fingerprint density at radius 3 is 2.94 bits per heavy atom. The number of benzene rings is 1. The molecule has 1 amide bonds. The van der Waals surface area contributed by atoms with Crippen molar-refractivity contribution in [1.29, 1.82) is 0 Å². The SMILES string of the molecule is Cl.O=C(NCc1ccc(F)c(Cl)c1)C1C=CCN1. The number of nitrogens with one attached hydrogen (secondary N) is 2. The molecule has 1 aromatic rings. The Morgan fingerprint density at radius 1 is 1.56 bits per heavy atom. The Labute approximate surface area is 116 Å². The second-order valence-electron chi connectivity index (χ2n) is 3.78. The number of carbonyl (C=O) groups excluding carboxylic acids is 1. The van der Waals surface area contributed by atoms with Crippen LogP contribution in [0.15, 0.2) is 30.4 Å². The smallest absolute Gasteiger partial charge is 0.241 e. The van der Waals surface area contributed by atoms with E-state index in [4.69, 9.17) is 11.6 Å². The van der Waals surface area contributed by atoms with Crippen molar-refractivity contribution in [3.63, 3.8) is 0 Å². The van der Waals surface area contributed by atoms with Gasteiger partial charge in [0.25, 0.3) is 0 Å². The van der Waals surface area contributed by atoms with Crippen LogP contribution in [0, 0.1) is 5.82 Å². The molecule has 18 heavy (non-hydrogen) atoms. The molecule has 98 valence electrons. The fourth-order valence-corrected chi connectivity index (χ4v) is 1.80. The molecule has 1 heterocycles. The zero-order valence-electron chi connectivity index (χ0n) is 9.45. The van der Waals surface area contributed by atoms with Gasteiger partial charge in [0.15, 0.2) is 0 Å². The predicted molar refractivity (Wildman–Crippen MR) is 71.4 cm³/mol. The van der Waals surface area contributed by atoms with Gasteiger partial charge in [-0.15, -0.1) is 12.4 Å². The van der Waals surface area contributed by atoms with Gasteiger partial charge < -0.3 is 5.32 Å². The molecule has 1 aromatic carbocycles. The van der Waals surface area contributed by atoms with E-state index in [1.165, 1.54) is 12.1 Å². The van der Waals surface area contributed by atoms with Gasteiger partial charge in [-0.1, -0.05) is 29.8 Å². The van der Waals surface area contributed by atoms with Crippen LogP contribution in [0.25, 0.3) is 0 Å². The maximum absolute atomic E-state index is 12.9. The van der Waals surface area contributed by atoms with E-state index in [0.717, 1.165) is 5.56 Å². The zero-order valence-corrected chi connectivity index (χ0v) is 11.0. The van der Waals surface area contributed by atoms with Gasteiger partial charge in [-0.2, -0.15) is 0 Å². The van der Waals surface area contributed by atoms with Crippen LogP contribution >= 0.6 is 24.0 Å². The van der Waals surface area contributed by atoms with Crippen molar-refractivity contribution in [2.45, 2.75) is 12.6 Å². The van der Waals surface area contributed by atoms with Crippen LogP contribution in [0.3, 0.4) is 0 Å². The van der Waals surface area contributed by atoms with E-state index >= 15 is 0 Å². The Bertz CT molecular complexity index is 465. The highest BCUT2D eigenvalue weighted by Gasteiger charge is 2.16. The van der Waals surface area contributed by atoms with Crippen molar-refractivity contribution in [1.82, 2.24) is 10.6 Å². The van der Waals surface area contributed by atoms with Crippen LogP contribution in [0.1, 0.15) is 5.56 Å². The molecule has 0 bridgehead atoms. The van der Waals surface area contributed by atoms with Crippen molar-refractivity contribution in [3.8, 4) is 0 Å². The van der Waals surface area contributed by atoms with E-state index in [2.05, 4.69) is 10.6 Å². The predicted octanol–water partition coefficient (Wildman–Crippen LogP) is 2.05. The normalized spacial score (nSPS) is 17.3. The molecular weight excluding hydrogens is 278 g/mol. The first-order chi connectivity index (χ1) is 8.16. The summed E-state index contributed by atoms with van der Waals surface area (Å²) in [5, 5.41) is 5.82. The molecular formula is C12H13Cl2FN2O. The van der Waals surface area contributed by atoms with Crippen molar-refractivity contribution in [3.05, 3.63) is 46.8 Å². The van der Waals surface area contributed by atoms with Crippen LogP contribution < -0.4 is 10.6 Å². The summed E-state index contributed by atoms with van der Waals surface area (Å²) in [6, 6.07) is 4.12. The molecule has 2 N–H and O–H groups in total. The Balaban J connectivity index is 0.00000162.